The minimum absolute atomic E-state index is 0.0410. The Morgan fingerprint density at radius 1 is 1.37 bits per heavy atom. The molecule has 0 saturated carbocycles. The minimum Gasteiger partial charge on any atom is -0.431 e. The van der Waals surface area contributed by atoms with Gasteiger partial charge in [0.25, 0.3) is 5.22 Å². The Kier molecular flexibility index (Phi) is 4.33. The fourth-order valence-corrected chi connectivity index (χ4v) is 3.79. The van der Waals surface area contributed by atoms with Crippen molar-refractivity contribution in [3.05, 3.63) is 30.6 Å². The predicted octanol–water partition coefficient (Wildman–Crippen LogP) is 3.44. The monoisotopic (exact) mass is 397 g/mol. The Hall–Kier alpha value is -2.56. The molecule has 0 fully saturated rings. The van der Waals surface area contributed by atoms with E-state index < -0.39 is 18.3 Å². The lowest BCUT2D eigenvalue weighted by Crippen LogP contribution is -2.49. The van der Waals surface area contributed by atoms with Crippen molar-refractivity contribution in [3.8, 4) is 0 Å². The molecular weight excluding hydrogens is 383 g/mol. The maximum absolute atomic E-state index is 13.3. The van der Waals surface area contributed by atoms with Gasteiger partial charge >= 0.3 is 6.18 Å². The Labute approximate surface area is 155 Å². The van der Waals surface area contributed by atoms with Gasteiger partial charge in [0.2, 0.25) is 11.9 Å². The van der Waals surface area contributed by atoms with Crippen molar-refractivity contribution in [2.45, 2.75) is 36.8 Å². The highest BCUT2D eigenvalue weighted by Crippen LogP contribution is 2.40. The molecule has 0 unspecified atom stereocenters. The fourth-order valence-electron chi connectivity index (χ4n) is 3.10. The van der Waals surface area contributed by atoms with Crippen LogP contribution in [0.3, 0.4) is 0 Å². The van der Waals surface area contributed by atoms with E-state index in [1.54, 1.807) is 19.1 Å². The van der Waals surface area contributed by atoms with Crippen LogP contribution >= 0.6 is 11.8 Å². The number of rotatable bonds is 3. The van der Waals surface area contributed by atoms with Crippen LogP contribution < -0.4 is 4.90 Å². The molecule has 142 valence electrons. The normalized spacial score (nSPS) is 20.1. The highest BCUT2D eigenvalue weighted by Gasteiger charge is 2.48. The van der Waals surface area contributed by atoms with Crippen molar-refractivity contribution < 1.29 is 22.4 Å². The van der Waals surface area contributed by atoms with Crippen molar-refractivity contribution in [1.82, 2.24) is 19.7 Å². The summed E-state index contributed by atoms with van der Waals surface area (Å²) in [6.07, 6.45) is -3.71. The van der Waals surface area contributed by atoms with E-state index in [1.165, 1.54) is 4.90 Å². The number of halogens is 3. The average Bonchev–Trinajstić information content (AvgIpc) is 3.24. The van der Waals surface area contributed by atoms with Crippen LogP contribution in [-0.4, -0.2) is 43.6 Å². The maximum atomic E-state index is 13.3. The third-order valence-electron chi connectivity index (χ3n) is 4.31. The van der Waals surface area contributed by atoms with Gasteiger partial charge in [0.1, 0.15) is 11.8 Å². The van der Waals surface area contributed by atoms with Crippen molar-refractivity contribution in [2.24, 2.45) is 0 Å². The summed E-state index contributed by atoms with van der Waals surface area (Å²) in [6.45, 7) is 1.57. The Bertz CT molecular complexity index is 953. The largest absolute Gasteiger partial charge is 0.431 e. The summed E-state index contributed by atoms with van der Waals surface area (Å²) in [5.74, 6) is -0.523. The second-order valence-electron chi connectivity index (χ2n) is 6.15. The van der Waals surface area contributed by atoms with E-state index in [4.69, 9.17) is 4.42 Å². The topological polar surface area (TPSA) is 77.1 Å². The molecule has 1 aromatic carbocycles. The van der Waals surface area contributed by atoms with Crippen LogP contribution in [0.1, 0.15) is 19.4 Å². The molecule has 0 aliphatic carbocycles. The molecule has 1 amide bonds. The van der Waals surface area contributed by atoms with E-state index in [1.807, 2.05) is 12.1 Å². The van der Waals surface area contributed by atoms with Gasteiger partial charge in [0.05, 0.1) is 5.75 Å². The predicted molar refractivity (Wildman–Crippen MR) is 91.4 cm³/mol. The molecule has 1 aliphatic heterocycles. The van der Waals surface area contributed by atoms with E-state index in [-0.39, 0.29) is 24.0 Å². The quantitative estimate of drug-likeness (QED) is 0.630. The van der Waals surface area contributed by atoms with Crippen molar-refractivity contribution in [2.75, 3.05) is 10.7 Å². The van der Waals surface area contributed by atoms with Gasteiger partial charge < -0.3 is 4.42 Å². The number of aromatic nitrogens is 4. The number of nitrogens with zero attached hydrogens (tertiary/aromatic N) is 5. The van der Waals surface area contributed by atoms with Gasteiger partial charge in [0, 0.05) is 6.04 Å². The first-order chi connectivity index (χ1) is 12.8. The molecule has 2 aromatic heterocycles. The first kappa shape index (κ1) is 17.8. The number of fused-ring (bicyclic) bond motifs is 2. The van der Waals surface area contributed by atoms with Gasteiger partial charge in [-0.05, 0) is 25.5 Å². The summed E-state index contributed by atoms with van der Waals surface area (Å²) in [6, 6.07) is 4.73. The Morgan fingerprint density at radius 2 is 2.15 bits per heavy atom. The van der Waals surface area contributed by atoms with Crippen LogP contribution in [0.5, 0.6) is 0 Å². The lowest BCUT2D eigenvalue weighted by atomic mass is 10.0. The molecule has 2 atom stereocenters. The molecule has 3 heterocycles. The number of alkyl halides is 3. The number of amides is 1. The summed E-state index contributed by atoms with van der Waals surface area (Å²) < 4.78 is 46.1. The van der Waals surface area contributed by atoms with Crippen molar-refractivity contribution in [3.63, 3.8) is 0 Å². The first-order valence-electron chi connectivity index (χ1n) is 8.11. The van der Waals surface area contributed by atoms with E-state index in [0.717, 1.165) is 22.8 Å². The summed E-state index contributed by atoms with van der Waals surface area (Å²) in [4.78, 5) is 22.1. The molecule has 4 rings (SSSR count). The second kappa shape index (κ2) is 6.55. The standard InChI is InChI=1S/C16H14F3N5O2S/c1-9-6-12(16(17,18)19)24-14(20-8-21-24)23(9)13(25)7-27-15-22-10-4-2-3-5-11(10)26-15/h2-5,8-9,12H,6-7H2,1H3/t9-,12-/m1/s1. The third-order valence-corrected chi connectivity index (χ3v) is 5.12. The molecule has 7 nitrogen and oxygen atoms in total. The van der Waals surface area contributed by atoms with Crippen molar-refractivity contribution >= 4 is 34.7 Å². The van der Waals surface area contributed by atoms with Gasteiger partial charge in [-0.2, -0.15) is 23.3 Å². The number of hydrogen-bond donors (Lipinski definition) is 0. The lowest BCUT2D eigenvalue weighted by molar-refractivity contribution is -0.174. The molecule has 0 N–H and O–H groups in total. The van der Waals surface area contributed by atoms with Crippen LogP contribution in [0.15, 0.2) is 40.2 Å². The fraction of sp³-hybridized carbons (Fsp3) is 0.375. The van der Waals surface area contributed by atoms with Crippen LogP contribution in [0, 0.1) is 0 Å². The van der Waals surface area contributed by atoms with Gasteiger partial charge in [0.15, 0.2) is 11.6 Å². The molecule has 0 bridgehead atoms. The number of oxazole rings is 1. The molecule has 0 saturated heterocycles. The van der Waals surface area contributed by atoms with Crippen molar-refractivity contribution in [1.29, 1.82) is 0 Å². The number of para-hydroxylation sites is 2. The zero-order valence-corrected chi connectivity index (χ0v) is 14.9. The number of benzene rings is 1. The minimum atomic E-state index is -4.46. The molecule has 0 radical (unpaired) electrons. The maximum Gasteiger partial charge on any atom is 0.411 e. The molecule has 1 aliphatic rings. The second-order valence-corrected chi connectivity index (χ2v) is 7.07. The molecular formula is C16H14F3N5O2S. The summed E-state index contributed by atoms with van der Waals surface area (Å²) >= 11 is 1.08. The lowest BCUT2D eigenvalue weighted by Gasteiger charge is -2.37. The summed E-state index contributed by atoms with van der Waals surface area (Å²) in [5.41, 5.74) is 1.28. The van der Waals surface area contributed by atoms with Gasteiger partial charge in [-0.15, -0.1) is 0 Å². The number of hydrogen-bond acceptors (Lipinski definition) is 6. The highest BCUT2D eigenvalue weighted by molar-refractivity contribution is 7.99. The van der Waals surface area contributed by atoms with E-state index in [2.05, 4.69) is 15.1 Å². The van der Waals surface area contributed by atoms with E-state index in [0.29, 0.717) is 16.3 Å². The molecule has 27 heavy (non-hydrogen) atoms. The van der Waals surface area contributed by atoms with Crippen LogP contribution in [0.2, 0.25) is 0 Å². The number of thioether (sulfide) groups is 1. The van der Waals surface area contributed by atoms with E-state index in [9.17, 15) is 18.0 Å². The van der Waals surface area contributed by atoms with Gasteiger partial charge in [-0.1, -0.05) is 23.9 Å². The van der Waals surface area contributed by atoms with Crippen LogP contribution in [-0.2, 0) is 4.79 Å². The molecule has 11 heteroatoms. The number of carbonyl (C=O) groups excluding carboxylic acids is 1. The Morgan fingerprint density at radius 3 is 2.89 bits per heavy atom. The third kappa shape index (κ3) is 3.27. The van der Waals surface area contributed by atoms with Crippen LogP contribution in [0.25, 0.3) is 11.1 Å². The molecule has 3 aromatic rings. The average molecular weight is 397 g/mol. The smallest absolute Gasteiger partial charge is 0.411 e. The first-order valence-corrected chi connectivity index (χ1v) is 9.10. The molecule has 0 spiro atoms. The number of anilines is 1. The Balaban J connectivity index is 1.53. The number of carbonyl (C=O) groups is 1. The van der Waals surface area contributed by atoms with Gasteiger partial charge in [-0.3, -0.25) is 9.69 Å². The highest BCUT2D eigenvalue weighted by atomic mass is 32.2. The summed E-state index contributed by atoms with van der Waals surface area (Å²) in [5, 5.41) is 4.00. The SMILES string of the molecule is C[C@@H]1C[C@H](C(F)(F)F)n2ncnc2N1C(=O)CSc1nc2ccccc2o1. The van der Waals surface area contributed by atoms with E-state index >= 15 is 0 Å². The summed E-state index contributed by atoms with van der Waals surface area (Å²) in [7, 11) is 0. The van der Waals surface area contributed by atoms with Gasteiger partial charge in [-0.25, -0.2) is 9.67 Å². The zero-order chi connectivity index (χ0) is 19.2. The zero-order valence-electron chi connectivity index (χ0n) is 14.1. The van der Waals surface area contributed by atoms with Crippen LogP contribution in [0.4, 0.5) is 19.1 Å².